The Kier molecular flexibility index (Phi) is 3.08. The van der Waals surface area contributed by atoms with Crippen LogP contribution in [0.1, 0.15) is 5.56 Å². The van der Waals surface area contributed by atoms with Gasteiger partial charge in [0.2, 0.25) is 0 Å². The molecule has 5 nitrogen and oxygen atoms in total. The van der Waals surface area contributed by atoms with Gasteiger partial charge in [-0.2, -0.15) is 5.10 Å². The Morgan fingerprint density at radius 1 is 1.21 bits per heavy atom. The fourth-order valence-corrected chi connectivity index (χ4v) is 2.61. The molecule has 6 heteroatoms. The number of hydrogen-bond donors (Lipinski definition) is 1. The van der Waals surface area contributed by atoms with E-state index in [-0.39, 0.29) is 0 Å². The molecule has 19 heavy (non-hydrogen) atoms. The van der Waals surface area contributed by atoms with Gasteiger partial charge in [0.1, 0.15) is 5.82 Å². The van der Waals surface area contributed by atoms with Crippen molar-refractivity contribution in [1.82, 2.24) is 19.7 Å². The van der Waals surface area contributed by atoms with E-state index in [1.54, 1.807) is 22.6 Å². The van der Waals surface area contributed by atoms with Crippen LogP contribution in [-0.4, -0.2) is 19.7 Å². The lowest BCUT2D eigenvalue weighted by molar-refractivity contribution is 0.778. The van der Waals surface area contributed by atoms with Gasteiger partial charge in [-0.3, -0.25) is 4.68 Å². The normalized spacial score (nSPS) is 11.0. The summed E-state index contributed by atoms with van der Waals surface area (Å²) in [6, 6.07) is 10.2. The van der Waals surface area contributed by atoms with Crippen LogP contribution in [0.3, 0.4) is 0 Å². The van der Waals surface area contributed by atoms with E-state index in [9.17, 15) is 0 Å². The minimum atomic E-state index is 0.480. The van der Waals surface area contributed by atoms with Crippen molar-refractivity contribution in [3.63, 3.8) is 0 Å². The monoisotopic (exact) mass is 271 g/mol. The fourth-order valence-electron chi connectivity index (χ4n) is 1.81. The maximum absolute atomic E-state index is 5.92. The Bertz CT molecular complexity index is 708. The molecule has 0 bridgehead atoms. The summed E-state index contributed by atoms with van der Waals surface area (Å²) >= 11 is 1.57. The third-order valence-electron chi connectivity index (χ3n) is 2.81. The molecule has 0 aliphatic rings. The molecule has 0 saturated heterocycles. The van der Waals surface area contributed by atoms with E-state index in [0.717, 1.165) is 16.8 Å². The highest BCUT2D eigenvalue weighted by atomic mass is 32.2. The van der Waals surface area contributed by atoms with Crippen molar-refractivity contribution in [2.75, 3.05) is 5.73 Å². The van der Waals surface area contributed by atoms with Crippen LogP contribution in [0, 0.1) is 0 Å². The first-order valence-corrected chi connectivity index (χ1v) is 6.84. The van der Waals surface area contributed by atoms with E-state index in [1.807, 2.05) is 25.2 Å². The third kappa shape index (κ3) is 2.39. The van der Waals surface area contributed by atoms with Gasteiger partial charge in [0, 0.05) is 12.8 Å². The Hall–Kier alpha value is -2.08. The Morgan fingerprint density at radius 3 is 2.79 bits per heavy atom. The number of aromatic nitrogens is 4. The van der Waals surface area contributed by atoms with E-state index in [1.165, 1.54) is 5.56 Å². The van der Waals surface area contributed by atoms with Gasteiger partial charge < -0.3 is 5.73 Å². The molecule has 0 radical (unpaired) electrons. The molecular formula is C13H13N5S. The largest absolute Gasteiger partial charge is 0.383 e. The molecule has 0 aliphatic carbocycles. The van der Waals surface area contributed by atoms with E-state index in [2.05, 4.69) is 27.2 Å². The number of anilines is 1. The molecular weight excluding hydrogens is 258 g/mol. The topological polar surface area (TPSA) is 69.6 Å². The van der Waals surface area contributed by atoms with Crippen molar-refractivity contribution < 1.29 is 0 Å². The van der Waals surface area contributed by atoms with E-state index in [4.69, 9.17) is 5.73 Å². The Morgan fingerprint density at radius 2 is 2.00 bits per heavy atom. The number of nitrogen functional groups attached to an aromatic ring is 1. The van der Waals surface area contributed by atoms with Gasteiger partial charge in [-0.05, 0) is 5.56 Å². The molecule has 2 N–H and O–H groups in total. The van der Waals surface area contributed by atoms with Crippen molar-refractivity contribution in [3.05, 3.63) is 42.1 Å². The zero-order valence-corrected chi connectivity index (χ0v) is 11.3. The van der Waals surface area contributed by atoms with Crippen LogP contribution in [0.25, 0.3) is 11.0 Å². The zero-order valence-electron chi connectivity index (χ0n) is 10.4. The summed E-state index contributed by atoms with van der Waals surface area (Å²) < 4.78 is 1.71. The quantitative estimate of drug-likeness (QED) is 0.584. The fraction of sp³-hybridized carbons (Fsp3) is 0.154. The average Bonchev–Trinajstić information content (AvgIpc) is 2.80. The maximum Gasteiger partial charge on any atom is 0.191 e. The SMILES string of the molecule is Cn1ncc2c(N)nc(SCc3ccccc3)nc21. The van der Waals surface area contributed by atoms with Gasteiger partial charge >= 0.3 is 0 Å². The standard InChI is InChI=1S/C13H13N5S/c1-18-12-10(7-15-18)11(14)16-13(17-12)19-8-9-5-3-2-4-6-9/h2-7H,8H2,1H3,(H2,14,16,17). The first-order valence-electron chi connectivity index (χ1n) is 5.86. The van der Waals surface area contributed by atoms with Crippen LogP contribution in [-0.2, 0) is 12.8 Å². The first kappa shape index (κ1) is 12.0. The maximum atomic E-state index is 5.92. The minimum Gasteiger partial charge on any atom is -0.383 e. The number of rotatable bonds is 3. The summed E-state index contributed by atoms with van der Waals surface area (Å²) in [6.07, 6.45) is 1.69. The van der Waals surface area contributed by atoms with Gasteiger partial charge in [-0.1, -0.05) is 42.1 Å². The molecule has 3 aromatic rings. The predicted octanol–water partition coefficient (Wildman–Crippen LogP) is 2.24. The van der Waals surface area contributed by atoms with Crippen LogP contribution in [0.5, 0.6) is 0 Å². The highest BCUT2D eigenvalue weighted by Crippen LogP contribution is 2.24. The molecule has 0 amide bonds. The Balaban J connectivity index is 1.87. The molecule has 2 heterocycles. The number of nitrogens with zero attached hydrogens (tertiary/aromatic N) is 4. The second-order valence-electron chi connectivity index (χ2n) is 4.17. The molecule has 0 atom stereocenters. The highest BCUT2D eigenvalue weighted by Gasteiger charge is 2.09. The molecule has 1 aromatic carbocycles. The molecule has 2 aromatic heterocycles. The van der Waals surface area contributed by atoms with Gasteiger partial charge in [0.25, 0.3) is 0 Å². The third-order valence-corrected chi connectivity index (χ3v) is 3.73. The van der Waals surface area contributed by atoms with E-state index in [0.29, 0.717) is 11.0 Å². The summed E-state index contributed by atoms with van der Waals surface area (Å²) in [6.45, 7) is 0. The van der Waals surface area contributed by atoms with Crippen LogP contribution >= 0.6 is 11.8 Å². The van der Waals surface area contributed by atoms with Crippen LogP contribution < -0.4 is 5.73 Å². The van der Waals surface area contributed by atoms with Gasteiger partial charge in [-0.25, -0.2) is 9.97 Å². The van der Waals surface area contributed by atoms with Crippen molar-refractivity contribution in [2.24, 2.45) is 7.05 Å². The summed E-state index contributed by atoms with van der Waals surface area (Å²) in [5.74, 6) is 1.30. The summed E-state index contributed by atoms with van der Waals surface area (Å²) in [5.41, 5.74) is 7.92. The number of nitrogens with two attached hydrogens (primary N) is 1. The lowest BCUT2D eigenvalue weighted by Gasteiger charge is -2.03. The predicted molar refractivity (Wildman–Crippen MR) is 76.7 cm³/mol. The molecule has 0 spiro atoms. The van der Waals surface area contributed by atoms with Crippen LogP contribution in [0.15, 0.2) is 41.7 Å². The number of fused-ring (bicyclic) bond motifs is 1. The van der Waals surface area contributed by atoms with Crippen LogP contribution in [0.4, 0.5) is 5.82 Å². The van der Waals surface area contributed by atoms with Crippen molar-refractivity contribution in [1.29, 1.82) is 0 Å². The number of thioether (sulfide) groups is 1. The number of benzene rings is 1. The second-order valence-corrected chi connectivity index (χ2v) is 5.11. The molecule has 0 aliphatic heterocycles. The first-order chi connectivity index (χ1) is 9.24. The Labute approximate surface area is 114 Å². The second kappa shape index (κ2) is 4.89. The molecule has 0 fully saturated rings. The lowest BCUT2D eigenvalue weighted by atomic mass is 10.2. The lowest BCUT2D eigenvalue weighted by Crippen LogP contribution is -1.99. The van der Waals surface area contributed by atoms with Crippen molar-refractivity contribution in [2.45, 2.75) is 10.9 Å². The zero-order chi connectivity index (χ0) is 13.2. The van der Waals surface area contributed by atoms with Gasteiger partial charge in [0.05, 0.1) is 11.6 Å². The highest BCUT2D eigenvalue weighted by molar-refractivity contribution is 7.98. The van der Waals surface area contributed by atoms with E-state index < -0.39 is 0 Å². The van der Waals surface area contributed by atoms with Gasteiger partial charge in [0.15, 0.2) is 10.8 Å². The smallest absolute Gasteiger partial charge is 0.191 e. The molecule has 3 rings (SSSR count). The van der Waals surface area contributed by atoms with Crippen LogP contribution in [0.2, 0.25) is 0 Å². The minimum absolute atomic E-state index is 0.480. The molecule has 0 saturated carbocycles. The summed E-state index contributed by atoms with van der Waals surface area (Å²) in [7, 11) is 1.85. The number of aryl methyl sites for hydroxylation is 1. The molecule has 0 unspecified atom stereocenters. The van der Waals surface area contributed by atoms with Crippen molar-refractivity contribution in [3.8, 4) is 0 Å². The summed E-state index contributed by atoms with van der Waals surface area (Å²) in [5, 5.41) is 5.62. The number of hydrogen-bond acceptors (Lipinski definition) is 5. The van der Waals surface area contributed by atoms with Crippen molar-refractivity contribution >= 4 is 28.6 Å². The summed E-state index contributed by atoms with van der Waals surface area (Å²) in [4.78, 5) is 8.79. The van der Waals surface area contributed by atoms with Gasteiger partial charge in [-0.15, -0.1) is 0 Å². The molecule has 96 valence electrons. The average molecular weight is 271 g/mol. The van der Waals surface area contributed by atoms with E-state index >= 15 is 0 Å².